The first-order valence-electron chi connectivity index (χ1n) is 7.90. The second kappa shape index (κ2) is 7.90. The molecule has 1 amide bonds. The van der Waals surface area contributed by atoms with Crippen LogP contribution in [0, 0.1) is 6.92 Å². The molecule has 128 valence electrons. The Labute approximate surface area is 138 Å². The highest BCUT2D eigenvalue weighted by Crippen LogP contribution is 2.11. The first-order chi connectivity index (χ1) is 10.8. The molecule has 1 aromatic rings. The van der Waals surface area contributed by atoms with Crippen LogP contribution >= 0.6 is 0 Å². The van der Waals surface area contributed by atoms with Crippen LogP contribution in [-0.4, -0.2) is 56.1 Å². The third-order valence-electron chi connectivity index (χ3n) is 4.03. The summed E-state index contributed by atoms with van der Waals surface area (Å²) in [4.78, 5) is 16.2. The van der Waals surface area contributed by atoms with Gasteiger partial charge in [-0.05, 0) is 18.9 Å². The van der Waals surface area contributed by atoms with E-state index in [1.807, 2.05) is 4.90 Å². The third kappa shape index (κ3) is 6.29. The van der Waals surface area contributed by atoms with Gasteiger partial charge in [-0.15, -0.1) is 0 Å². The molecule has 6 nitrogen and oxygen atoms in total. The summed E-state index contributed by atoms with van der Waals surface area (Å²) < 4.78 is 21.8. The topological polar surface area (TPSA) is 83.7 Å². The molecule has 0 aromatic heterocycles. The number of primary sulfonamides is 1. The van der Waals surface area contributed by atoms with E-state index < -0.39 is 10.0 Å². The van der Waals surface area contributed by atoms with Crippen molar-refractivity contribution in [1.29, 1.82) is 0 Å². The van der Waals surface area contributed by atoms with Crippen LogP contribution in [-0.2, 0) is 21.4 Å². The van der Waals surface area contributed by atoms with E-state index in [1.165, 1.54) is 11.1 Å². The molecule has 1 heterocycles. The van der Waals surface area contributed by atoms with Gasteiger partial charge in [-0.25, -0.2) is 13.6 Å². The molecule has 0 atom stereocenters. The van der Waals surface area contributed by atoms with Crippen molar-refractivity contribution in [3.8, 4) is 0 Å². The highest BCUT2D eigenvalue weighted by Gasteiger charge is 2.21. The summed E-state index contributed by atoms with van der Waals surface area (Å²) in [7, 11) is -3.48. The smallest absolute Gasteiger partial charge is 0.222 e. The summed E-state index contributed by atoms with van der Waals surface area (Å²) in [5, 5.41) is 4.94. The van der Waals surface area contributed by atoms with Crippen molar-refractivity contribution in [1.82, 2.24) is 9.80 Å². The number of benzene rings is 1. The van der Waals surface area contributed by atoms with Gasteiger partial charge in [0, 0.05) is 39.1 Å². The standard InChI is InChI=1S/C16H25N3O3S/c1-14-4-2-5-15(12-14)13-18-7-9-19(10-8-18)16(20)6-3-11-23(17,21)22/h2,4-5,12H,3,6-11,13H2,1H3,(H2,17,21,22). The second-order valence-corrected chi connectivity index (χ2v) is 7.85. The van der Waals surface area contributed by atoms with Crippen molar-refractivity contribution in [2.24, 2.45) is 5.14 Å². The Kier molecular flexibility index (Phi) is 6.15. The Bertz CT molecular complexity index is 638. The van der Waals surface area contributed by atoms with Gasteiger partial charge in [0.1, 0.15) is 0 Å². The molecule has 7 heteroatoms. The van der Waals surface area contributed by atoms with Crippen LogP contribution in [0.5, 0.6) is 0 Å². The maximum atomic E-state index is 12.1. The molecule has 1 saturated heterocycles. The normalized spacial score (nSPS) is 16.5. The molecule has 1 aliphatic rings. The molecule has 0 spiro atoms. The molecule has 1 aromatic carbocycles. The van der Waals surface area contributed by atoms with Gasteiger partial charge in [0.05, 0.1) is 5.75 Å². The predicted molar refractivity (Wildman–Crippen MR) is 90.2 cm³/mol. The fourth-order valence-electron chi connectivity index (χ4n) is 2.81. The zero-order valence-corrected chi connectivity index (χ0v) is 14.4. The lowest BCUT2D eigenvalue weighted by Crippen LogP contribution is -2.48. The van der Waals surface area contributed by atoms with Crippen molar-refractivity contribution in [3.63, 3.8) is 0 Å². The van der Waals surface area contributed by atoms with E-state index in [9.17, 15) is 13.2 Å². The zero-order valence-electron chi connectivity index (χ0n) is 13.6. The number of piperazine rings is 1. The minimum absolute atomic E-state index is 0.0175. The first kappa shape index (κ1) is 17.9. The van der Waals surface area contributed by atoms with Crippen LogP contribution in [0.3, 0.4) is 0 Å². The average Bonchev–Trinajstić information content (AvgIpc) is 2.46. The van der Waals surface area contributed by atoms with Gasteiger partial charge < -0.3 is 4.90 Å². The van der Waals surface area contributed by atoms with Gasteiger partial charge in [-0.2, -0.15) is 0 Å². The summed E-state index contributed by atoms with van der Waals surface area (Å²) in [5.74, 6) is -0.115. The number of nitrogens with zero attached hydrogens (tertiary/aromatic N) is 2. The molecule has 2 rings (SSSR count). The van der Waals surface area contributed by atoms with Crippen LogP contribution < -0.4 is 5.14 Å². The van der Waals surface area contributed by atoms with Crippen LogP contribution in [0.1, 0.15) is 24.0 Å². The van der Waals surface area contributed by atoms with Crippen molar-refractivity contribution in [2.45, 2.75) is 26.3 Å². The minimum atomic E-state index is -3.48. The van der Waals surface area contributed by atoms with E-state index in [2.05, 4.69) is 36.1 Å². The highest BCUT2D eigenvalue weighted by molar-refractivity contribution is 7.89. The van der Waals surface area contributed by atoms with E-state index in [0.29, 0.717) is 19.5 Å². The fourth-order valence-corrected chi connectivity index (χ4v) is 3.35. The summed E-state index contributed by atoms with van der Waals surface area (Å²) in [6.07, 6.45) is 0.537. The Morgan fingerprint density at radius 3 is 2.52 bits per heavy atom. The number of aryl methyl sites for hydroxylation is 1. The van der Waals surface area contributed by atoms with E-state index in [-0.39, 0.29) is 18.1 Å². The van der Waals surface area contributed by atoms with E-state index in [1.54, 1.807) is 0 Å². The van der Waals surface area contributed by atoms with Gasteiger partial charge in [0.25, 0.3) is 0 Å². The molecule has 23 heavy (non-hydrogen) atoms. The lowest BCUT2D eigenvalue weighted by atomic mass is 10.1. The van der Waals surface area contributed by atoms with Crippen molar-refractivity contribution in [2.75, 3.05) is 31.9 Å². The minimum Gasteiger partial charge on any atom is -0.340 e. The summed E-state index contributed by atoms with van der Waals surface area (Å²) >= 11 is 0. The number of nitrogens with two attached hydrogens (primary N) is 1. The van der Waals surface area contributed by atoms with E-state index >= 15 is 0 Å². The van der Waals surface area contributed by atoms with E-state index in [0.717, 1.165) is 19.6 Å². The molecule has 1 fully saturated rings. The molecule has 0 radical (unpaired) electrons. The molecular weight excluding hydrogens is 314 g/mol. The number of hydrogen-bond donors (Lipinski definition) is 1. The Morgan fingerprint density at radius 2 is 1.91 bits per heavy atom. The van der Waals surface area contributed by atoms with Gasteiger partial charge in [-0.3, -0.25) is 9.69 Å². The summed E-state index contributed by atoms with van der Waals surface area (Å²) in [6, 6.07) is 8.46. The quantitative estimate of drug-likeness (QED) is 0.827. The molecular formula is C16H25N3O3S. The zero-order chi connectivity index (χ0) is 16.9. The largest absolute Gasteiger partial charge is 0.340 e. The summed E-state index contributed by atoms with van der Waals surface area (Å²) in [6.45, 7) is 6.06. The number of carbonyl (C=O) groups excluding carboxylic acids is 1. The third-order valence-corrected chi connectivity index (χ3v) is 4.89. The molecule has 1 aliphatic heterocycles. The maximum Gasteiger partial charge on any atom is 0.222 e. The average molecular weight is 339 g/mol. The van der Waals surface area contributed by atoms with Crippen LogP contribution in [0.2, 0.25) is 0 Å². The van der Waals surface area contributed by atoms with Crippen molar-refractivity contribution in [3.05, 3.63) is 35.4 Å². The van der Waals surface area contributed by atoms with Gasteiger partial charge in [0.15, 0.2) is 0 Å². The Balaban J connectivity index is 1.74. The molecule has 0 aliphatic carbocycles. The maximum absolute atomic E-state index is 12.1. The second-order valence-electron chi connectivity index (χ2n) is 6.12. The number of carbonyl (C=O) groups is 1. The van der Waals surface area contributed by atoms with Gasteiger partial charge in [0.2, 0.25) is 15.9 Å². The monoisotopic (exact) mass is 339 g/mol. The predicted octanol–water partition coefficient (Wildman–Crippen LogP) is 0.708. The summed E-state index contributed by atoms with van der Waals surface area (Å²) in [5.41, 5.74) is 2.55. The number of amides is 1. The van der Waals surface area contributed by atoms with Crippen LogP contribution in [0.15, 0.2) is 24.3 Å². The molecule has 0 saturated carbocycles. The van der Waals surface area contributed by atoms with Gasteiger partial charge >= 0.3 is 0 Å². The lowest BCUT2D eigenvalue weighted by Gasteiger charge is -2.34. The fraction of sp³-hybridized carbons (Fsp3) is 0.562. The Hall–Kier alpha value is -1.44. The van der Waals surface area contributed by atoms with E-state index in [4.69, 9.17) is 5.14 Å². The number of rotatable bonds is 6. The van der Waals surface area contributed by atoms with Crippen molar-refractivity contribution < 1.29 is 13.2 Å². The molecule has 2 N–H and O–H groups in total. The lowest BCUT2D eigenvalue weighted by molar-refractivity contribution is -0.133. The Morgan fingerprint density at radius 1 is 1.22 bits per heavy atom. The van der Waals surface area contributed by atoms with Crippen molar-refractivity contribution >= 4 is 15.9 Å². The highest BCUT2D eigenvalue weighted by atomic mass is 32.2. The SMILES string of the molecule is Cc1cccc(CN2CCN(C(=O)CCCS(N)(=O)=O)CC2)c1. The van der Waals surface area contributed by atoms with Gasteiger partial charge in [-0.1, -0.05) is 29.8 Å². The first-order valence-corrected chi connectivity index (χ1v) is 9.61. The van der Waals surface area contributed by atoms with Crippen LogP contribution in [0.25, 0.3) is 0 Å². The molecule has 0 unspecified atom stereocenters. The number of hydrogen-bond acceptors (Lipinski definition) is 4. The molecule has 0 bridgehead atoms. The van der Waals surface area contributed by atoms with Crippen LogP contribution in [0.4, 0.5) is 0 Å². The number of sulfonamides is 1.